The normalized spacial score (nSPS) is 10.3. The molecular weight excluding hydrogens is 224 g/mol. The molecule has 2 aromatic rings. The molecule has 0 atom stereocenters. The second-order valence-corrected chi connectivity index (χ2v) is 4.17. The van der Waals surface area contributed by atoms with Crippen LogP contribution in [0.4, 0.5) is 4.79 Å². The summed E-state index contributed by atoms with van der Waals surface area (Å²) in [5, 5.41) is 0. The van der Waals surface area contributed by atoms with E-state index in [-0.39, 0.29) is 6.04 Å². The average Bonchev–Trinajstić information content (AvgIpc) is 2.41. The van der Waals surface area contributed by atoms with E-state index in [1.807, 2.05) is 60.7 Å². The van der Waals surface area contributed by atoms with E-state index in [0.29, 0.717) is 0 Å². The van der Waals surface area contributed by atoms with Crippen molar-refractivity contribution in [2.75, 3.05) is 7.05 Å². The van der Waals surface area contributed by atoms with Crippen LogP contribution in [0.15, 0.2) is 60.7 Å². The molecule has 0 aliphatic carbocycles. The monoisotopic (exact) mass is 240 g/mol. The summed E-state index contributed by atoms with van der Waals surface area (Å²) in [5.74, 6) is 0. The van der Waals surface area contributed by atoms with Gasteiger partial charge >= 0.3 is 6.03 Å². The molecule has 0 aliphatic rings. The first-order chi connectivity index (χ1) is 8.70. The van der Waals surface area contributed by atoms with Crippen LogP contribution < -0.4 is 5.73 Å². The van der Waals surface area contributed by atoms with Crippen LogP contribution in [0, 0.1) is 0 Å². The van der Waals surface area contributed by atoms with Gasteiger partial charge in [0.2, 0.25) is 0 Å². The summed E-state index contributed by atoms with van der Waals surface area (Å²) in [6.07, 6.45) is 0. The zero-order valence-electron chi connectivity index (χ0n) is 10.3. The molecule has 18 heavy (non-hydrogen) atoms. The van der Waals surface area contributed by atoms with Gasteiger partial charge in [0.15, 0.2) is 0 Å². The van der Waals surface area contributed by atoms with Crippen LogP contribution in [0.2, 0.25) is 0 Å². The van der Waals surface area contributed by atoms with E-state index in [0.717, 1.165) is 11.1 Å². The summed E-state index contributed by atoms with van der Waals surface area (Å²) in [7, 11) is 1.72. The quantitative estimate of drug-likeness (QED) is 0.881. The average molecular weight is 240 g/mol. The highest BCUT2D eigenvalue weighted by molar-refractivity contribution is 5.73. The molecule has 0 saturated heterocycles. The predicted molar refractivity (Wildman–Crippen MR) is 72.1 cm³/mol. The van der Waals surface area contributed by atoms with Crippen molar-refractivity contribution in [3.63, 3.8) is 0 Å². The van der Waals surface area contributed by atoms with Gasteiger partial charge in [-0.1, -0.05) is 60.7 Å². The zero-order valence-corrected chi connectivity index (χ0v) is 10.3. The van der Waals surface area contributed by atoms with E-state index < -0.39 is 6.03 Å². The van der Waals surface area contributed by atoms with Crippen LogP contribution in [-0.4, -0.2) is 18.0 Å². The van der Waals surface area contributed by atoms with Gasteiger partial charge in [0.25, 0.3) is 0 Å². The Balaban J connectivity index is 2.45. The molecule has 0 aliphatic heterocycles. The molecule has 92 valence electrons. The number of nitrogens with two attached hydrogens (primary N) is 1. The lowest BCUT2D eigenvalue weighted by molar-refractivity contribution is 0.208. The first kappa shape index (κ1) is 12.2. The third-order valence-corrected chi connectivity index (χ3v) is 2.97. The maximum atomic E-state index is 11.4. The van der Waals surface area contributed by atoms with Crippen LogP contribution >= 0.6 is 0 Å². The van der Waals surface area contributed by atoms with Gasteiger partial charge in [0, 0.05) is 7.05 Å². The maximum Gasteiger partial charge on any atom is 0.315 e. The van der Waals surface area contributed by atoms with Crippen LogP contribution in [0.1, 0.15) is 17.2 Å². The Morgan fingerprint density at radius 2 is 1.33 bits per heavy atom. The zero-order chi connectivity index (χ0) is 13.0. The van der Waals surface area contributed by atoms with Crippen molar-refractivity contribution in [1.82, 2.24) is 4.90 Å². The lowest BCUT2D eigenvalue weighted by atomic mass is 9.98. The fourth-order valence-electron chi connectivity index (χ4n) is 2.04. The van der Waals surface area contributed by atoms with Gasteiger partial charge in [0.05, 0.1) is 6.04 Å². The van der Waals surface area contributed by atoms with E-state index in [2.05, 4.69) is 0 Å². The third-order valence-electron chi connectivity index (χ3n) is 2.97. The number of nitrogens with zero attached hydrogens (tertiary/aromatic N) is 1. The standard InChI is InChI=1S/C15H16N2O/c1-17(15(16)18)14(12-8-4-2-5-9-12)13-10-6-3-7-11-13/h2-11,14H,1H3,(H2,16,18). The highest BCUT2D eigenvalue weighted by Gasteiger charge is 2.21. The van der Waals surface area contributed by atoms with Crippen molar-refractivity contribution in [2.45, 2.75) is 6.04 Å². The Morgan fingerprint density at radius 3 is 1.67 bits per heavy atom. The van der Waals surface area contributed by atoms with Crippen LogP contribution in [0.25, 0.3) is 0 Å². The molecule has 2 rings (SSSR count). The number of rotatable bonds is 3. The van der Waals surface area contributed by atoms with Gasteiger partial charge in [-0.15, -0.1) is 0 Å². The Labute approximate surface area is 107 Å². The van der Waals surface area contributed by atoms with Crippen LogP contribution in [0.3, 0.4) is 0 Å². The predicted octanol–water partition coefficient (Wildman–Crippen LogP) is 2.79. The SMILES string of the molecule is CN(C(N)=O)C(c1ccccc1)c1ccccc1. The number of benzene rings is 2. The molecule has 2 N–H and O–H groups in total. The third kappa shape index (κ3) is 2.51. The second kappa shape index (κ2) is 5.36. The van der Waals surface area contributed by atoms with E-state index >= 15 is 0 Å². The Morgan fingerprint density at radius 1 is 0.944 bits per heavy atom. The number of carbonyl (C=O) groups excluding carboxylic acids is 1. The summed E-state index contributed by atoms with van der Waals surface area (Å²) >= 11 is 0. The molecular formula is C15H16N2O. The van der Waals surface area contributed by atoms with Crippen molar-refractivity contribution >= 4 is 6.03 Å². The molecule has 0 spiro atoms. The topological polar surface area (TPSA) is 46.3 Å². The number of primary amides is 1. The van der Waals surface area contributed by atoms with Gasteiger partial charge in [-0.25, -0.2) is 4.79 Å². The van der Waals surface area contributed by atoms with Crippen molar-refractivity contribution in [3.05, 3.63) is 71.8 Å². The lowest BCUT2D eigenvalue weighted by Gasteiger charge is -2.27. The molecule has 2 aromatic carbocycles. The number of urea groups is 1. The van der Waals surface area contributed by atoms with Crippen molar-refractivity contribution in [2.24, 2.45) is 5.73 Å². The molecule has 0 heterocycles. The molecule has 3 heteroatoms. The molecule has 0 saturated carbocycles. The summed E-state index contributed by atoms with van der Waals surface area (Å²) in [6.45, 7) is 0. The van der Waals surface area contributed by atoms with Gasteiger partial charge in [-0.3, -0.25) is 0 Å². The minimum Gasteiger partial charge on any atom is -0.351 e. The number of amides is 2. The van der Waals surface area contributed by atoms with E-state index in [9.17, 15) is 4.79 Å². The summed E-state index contributed by atoms with van der Waals surface area (Å²) in [6, 6.07) is 19.1. The molecule has 0 radical (unpaired) electrons. The molecule has 0 unspecified atom stereocenters. The van der Waals surface area contributed by atoms with Crippen LogP contribution in [-0.2, 0) is 0 Å². The second-order valence-electron chi connectivity index (χ2n) is 4.17. The van der Waals surface area contributed by atoms with Gasteiger partial charge in [0.1, 0.15) is 0 Å². The highest BCUT2D eigenvalue weighted by atomic mass is 16.2. The van der Waals surface area contributed by atoms with Crippen LogP contribution in [0.5, 0.6) is 0 Å². The smallest absolute Gasteiger partial charge is 0.315 e. The van der Waals surface area contributed by atoms with Gasteiger partial charge in [-0.2, -0.15) is 0 Å². The first-order valence-corrected chi connectivity index (χ1v) is 5.82. The Hall–Kier alpha value is -2.29. The lowest BCUT2D eigenvalue weighted by Crippen LogP contribution is -2.36. The fraction of sp³-hybridized carbons (Fsp3) is 0.133. The minimum atomic E-state index is -0.437. The molecule has 0 aromatic heterocycles. The summed E-state index contributed by atoms with van der Waals surface area (Å²) in [5.41, 5.74) is 7.49. The molecule has 3 nitrogen and oxygen atoms in total. The number of hydrogen-bond donors (Lipinski definition) is 1. The number of carbonyl (C=O) groups is 1. The van der Waals surface area contributed by atoms with Gasteiger partial charge < -0.3 is 10.6 Å². The van der Waals surface area contributed by atoms with E-state index in [4.69, 9.17) is 5.73 Å². The Bertz CT molecular complexity index is 471. The van der Waals surface area contributed by atoms with Gasteiger partial charge in [-0.05, 0) is 11.1 Å². The fourth-order valence-corrected chi connectivity index (χ4v) is 2.04. The molecule has 0 fully saturated rings. The van der Waals surface area contributed by atoms with E-state index in [1.165, 1.54) is 0 Å². The highest BCUT2D eigenvalue weighted by Crippen LogP contribution is 2.26. The first-order valence-electron chi connectivity index (χ1n) is 5.82. The van der Waals surface area contributed by atoms with Crippen molar-refractivity contribution in [1.29, 1.82) is 0 Å². The minimum absolute atomic E-state index is 0.148. The maximum absolute atomic E-state index is 11.4. The molecule has 2 amide bonds. The van der Waals surface area contributed by atoms with E-state index in [1.54, 1.807) is 11.9 Å². The number of hydrogen-bond acceptors (Lipinski definition) is 1. The van der Waals surface area contributed by atoms with Crippen molar-refractivity contribution < 1.29 is 4.79 Å². The van der Waals surface area contributed by atoms with Crippen molar-refractivity contribution in [3.8, 4) is 0 Å². The molecule has 0 bridgehead atoms. The summed E-state index contributed by atoms with van der Waals surface area (Å²) in [4.78, 5) is 13.0. The Kier molecular flexibility index (Phi) is 3.63. The largest absolute Gasteiger partial charge is 0.351 e. The summed E-state index contributed by atoms with van der Waals surface area (Å²) < 4.78 is 0.